The molecule has 0 aliphatic rings. The van der Waals surface area contributed by atoms with Gasteiger partial charge in [-0.1, -0.05) is 32.0 Å². The minimum absolute atomic E-state index is 0.00476. The normalized spacial score (nSPS) is 12.0. The average molecular weight is 264 g/mol. The van der Waals surface area contributed by atoms with Gasteiger partial charge in [-0.3, -0.25) is 4.79 Å². The third-order valence-corrected chi connectivity index (χ3v) is 3.05. The number of hydrogen-bond acceptors (Lipinski definition) is 3. The first-order valence-corrected chi connectivity index (χ1v) is 6.84. The van der Waals surface area contributed by atoms with Crippen LogP contribution in [-0.4, -0.2) is 31.2 Å². The highest BCUT2D eigenvalue weighted by atomic mass is 16.3. The molecular weight excluding hydrogens is 240 g/mol. The Labute approximate surface area is 115 Å². The zero-order chi connectivity index (χ0) is 14.3. The molecule has 0 aliphatic heterocycles. The number of aliphatic hydroxyl groups is 1. The number of anilines is 1. The molecule has 0 aliphatic carbocycles. The molecular formula is C15H24N2O2. The van der Waals surface area contributed by atoms with Crippen molar-refractivity contribution in [3.63, 3.8) is 0 Å². The van der Waals surface area contributed by atoms with Gasteiger partial charge in [0, 0.05) is 24.8 Å². The Morgan fingerprint density at radius 3 is 2.68 bits per heavy atom. The van der Waals surface area contributed by atoms with Crippen LogP contribution < -0.4 is 10.2 Å². The number of para-hydroxylation sites is 1. The molecule has 4 nitrogen and oxygen atoms in total. The Balaban J connectivity index is 2.76. The minimum Gasteiger partial charge on any atom is -0.388 e. The Morgan fingerprint density at radius 2 is 2.05 bits per heavy atom. The summed E-state index contributed by atoms with van der Waals surface area (Å²) in [5, 5.41) is 12.9. The summed E-state index contributed by atoms with van der Waals surface area (Å²) in [7, 11) is 1.87. The van der Waals surface area contributed by atoms with E-state index in [0.717, 1.165) is 17.7 Å². The lowest BCUT2D eigenvalue weighted by atomic mass is 10.0. The van der Waals surface area contributed by atoms with E-state index in [0.29, 0.717) is 19.5 Å². The maximum absolute atomic E-state index is 11.7. The van der Waals surface area contributed by atoms with Gasteiger partial charge in [0.05, 0.1) is 12.6 Å². The highest BCUT2D eigenvalue weighted by Gasteiger charge is 2.14. The van der Waals surface area contributed by atoms with Crippen LogP contribution >= 0.6 is 0 Å². The first-order valence-electron chi connectivity index (χ1n) is 6.84. The van der Waals surface area contributed by atoms with Gasteiger partial charge >= 0.3 is 0 Å². The molecule has 0 fully saturated rings. The first kappa shape index (κ1) is 15.5. The van der Waals surface area contributed by atoms with Crippen molar-refractivity contribution in [2.24, 2.45) is 0 Å². The topological polar surface area (TPSA) is 52.6 Å². The second kappa shape index (κ2) is 7.79. The van der Waals surface area contributed by atoms with Gasteiger partial charge in [0.1, 0.15) is 0 Å². The van der Waals surface area contributed by atoms with Gasteiger partial charge in [-0.2, -0.15) is 0 Å². The third-order valence-electron chi connectivity index (χ3n) is 3.05. The van der Waals surface area contributed by atoms with Crippen LogP contribution in [0, 0.1) is 0 Å². The molecule has 0 heterocycles. The molecule has 0 unspecified atom stereocenters. The third kappa shape index (κ3) is 4.56. The fourth-order valence-corrected chi connectivity index (χ4v) is 1.96. The number of rotatable bonds is 7. The van der Waals surface area contributed by atoms with E-state index in [1.165, 1.54) is 0 Å². The van der Waals surface area contributed by atoms with Gasteiger partial charge in [-0.25, -0.2) is 0 Å². The maximum Gasteiger partial charge on any atom is 0.239 e. The van der Waals surface area contributed by atoms with Crippen molar-refractivity contribution in [2.75, 3.05) is 25.0 Å². The Hall–Kier alpha value is -1.55. The Morgan fingerprint density at radius 1 is 1.37 bits per heavy atom. The van der Waals surface area contributed by atoms with Crippen LogP contribution in [0.2, 0.25) is 0 Å². The average Bonchev–Trinajstić information content (AvgIpc) is 2.44. The molecule has 0 bridgehead atoms. The Bertz CT molecular complexity index is 407. The quantitative estimate of drug-likeness (QED) is 0.793. The van der Waals surface area contributed by atoms with Gasteiger partial charge < -0.3 is 15.3 Å². The summed E-state index contributed by atoms with van der Waals surface area (Å²) in [4.78, 5) is 13.6. The summed E-state index contributed by atoms with van der Waals surface area (Å²) in [5.74, 6) is 0.00476. The number of aliphatic hydroxyl groups excluding tert-OH is 1. The molecule has 1 atom stereocenters. The highest BCUT2D eigenvalue weighted by Crippen LogP contribution is 2.27. The molecule has 1 rings (SSSR count). The molecule has 4 heteroatoms. The predicted molar refractivity (Wildman–Crippen MR) is 78.3 cm³/mol. The van der Waals surface area contributed by atoms with E-state index in [-0.39, 0.29) is 5.91 Å². The van der Waals surface area contributed by atoms with Gasteiger partial charge in [-0.05, 0) is 18.9 Å². The Kier molecular flexibility index (Phi) is 6.36. The van der Waals surface area contributed by atoms with Crippen LogP contribution in [0.1, 0.15) is 38.4 Å². The van der Waals surface area contributed by atoms with E-state index >= 15 is 0 Å². The number of carbonyl (C=O) groups is 1. The van der Waals surface area contributed by atoms with Crippen molar-refractivity contribution in [1.82, 2.24) is 5.32 Å². The van der Waals surface area contributed by atoms with Crippen molar-refractivity contribution in [1.29, 1.82) is 0 Å². The molecule has 1 aromatic carbocycles. The van der Waals surface area contributed by atoms with Gasteiger partial charge in [0.15, 0.2) is 0 Å². The molecule has 19 heavy (non-hydrogen) atoms. The predicted octanol–water partition coefficient (Wildman–Crippen LogP) is 2.09. The maximum atomic E-state index is 11.7. The number of nitrogens with one attached hydrogen (secondary N) is 1. The van der Waals surface area contributed by atoms with E-state index in [4.69, 9.17) is 0 Å². The molecule has 0 saturated carbocycles. The SMILES string of the molecule is CCCNC(=O)CN(C)c1ccccc1[C@H](O)CC. The van der Waals surface area contributed by atoms with Crippen molar-refractivity contribution < 1.29 is 9.90 Å². The molecule has 2 N–H and O–H groups in total. The van der Waals surface area contributed by atoms with Crippen molar-refractivity contribution in [3.05, 3.63) is 29.8 Å². The number of nitrogens with zero attached hydrogens (tertiary/aromatic N) is 1. The van der Waals surface area contributed by atoms with Crippen LogP contribution in [0.4, 0.5) is 5.69 Å². The van der Waals surface area contributed by atoms with Crippen molar-refractivity contribution in [3.8, 4) is 0 Å². The van der Waals surface area contributed by atoms with Crippen LogP contribution in [-0.2, 0) is 4.79 Å². The second-order valence-corrected chi connectivity index (χ2v) is 4.69. The van der Waals surface area contributed by atoms with E-state index in [1.807, 2.05) is 50.1 Å². The van der Waals surface area contributed by atoms with E-state index in [1.54, 1.807) is 0 Å². The largest absolute Gasteiger partial charge is 0.388 e. The zero-order valence-electron chi connectivity index (χ0n) is 12.0. The number of benzene rings is 1. The first-order chi connectivity index (χ1) is 9.10. The van der Waals surface area contributed by atoms with Crippen molar-refractivity contribution in [2.45, 2.75) is 32.8 Å². The number of amides is 1. The molecule has 106 valence electrons. The summed E-state index contributed by atoms with van der Waals surface area (Å²) in [6, 6.07) is 7.66. The van der Waals surface area contributed by atoms with Crippen LogP contribution in [0.5, 0.6) is 0 Å². The molecule has 1 amide bonds. The fraction of sp³-hybridized carbons (Fsp3) is 0.533. The summed E-state index contributed by atoms with van der Waals surface area (Å²) in [6.07, 6.45) is 1.10. The lowest BCUT2D eigenvalue weighted by molar-refractivity contribution is -0.119. The van der Waals surface area contributed by atoms with Crippen LogP contribution in [0.25, 0.3) is 0 Å². The summed E-state index contributed by atoms with van der Waals surface area (Å²) >= 11 is 0. The smallest absolute Gasteiger partial charge is 0.239 e. The minimum atomic E-state index is -0.489. The molecule has 0 radical (unpaired) electrons. The van der Waals surface area contributed by atoms with Crippen LogP contribution in [0.3, 0.4) is 0 Å². The monoisotopic (exact) mass is 264 g/mol. The molecule has 0 spiro atoms. The van der Waals surface area contributed by atoms with E-state index < -0.39 is 6.10 Å². The fourth-order valence-electron chi connectivity index (χ4n) is 1.96. The summed E-state index contributed by atoms with van der Waals surface area (Å²) in [5.41, 5.74) is 1.78. The van der Waals surface area contributed by atoms with Crippen LogP contribution in [0.15, 0.2) is 24.3 Å². The van der Waals surface area contributed by atoms with E-state index in [2.05, 4.69) is 5.32 Å². The van der Waals surface area contributed by atoms with Gasteiger partial charge in [-0.15, -0.1) is 0 Å². The highest BCUT2D eigenvalue weighted by molar-refractivity contribution is 5.81. The second-order valence-electron chi connectivity index (χ2n) is 4.69. The van der Waals surface area contributed by atoms with Gasteiger partial charge in [0.25, 0.3) is 0 Å². The summed E-state index contributed by atoms with van der Waals surface area (Å²) in [6.45, 7) is 4.96. The zero-order valence-corrected chi connectivity index (χ0v) is 12.0. The number of hydrogen-bond donors (Lipinski definition) is 2. The lowest BCUT2D eigenvalue weighted by Crippen LogP contribution is -2.35. The summed E-state index contributed by atoms with van der Waals surface area (Å²) < 4.78 is 0. The van der Waals surface area contributed by atoms with Gasteiger partial charge in [0.2, 0.25) is 5.91 Å². The molecule has 0 saturated heterocycles. The van der Waals surface area contributed by atoms with Crippen molar-refractivity contribution >= 4 is 11.6 Å². The number of carbonyl (C=O) groups excluding carboxylic acids is 1. The number of likely N-dealkylation sites (N-methyl/N-ethyl adjacent to an activating group) is 1. The standard InChI is InChI=1S/C15H24N2O2/c1-4-10-16-15(19)11-17(3)13-9-7-6-8-12(13)14(18)5-2/h6-9,14,18H,4-5,10-11H2,1-3H3,(H,16,19)/t14-/m1/s1. The lowest BCUT2D eigenvalue weighted by Gasteiger charge is -2.23. The molecule has 0 aromatic heterocycles. The van der Waals surface area contributed by atoms with E-state index in [9.17, 15) is 9.90 Å². The molecule has 1 aromatic rings.